The fourth-order valence-electron chi connectivity index (χ4n) is 2.36. The Labute approximate surface area is 122 Å². The van der Waals surface area contributed by atoms with Gasteiger partial charge in [0.05, 0.1) is 11.4 Å². The zero-order valence-corrected chi connectivity index (χ0v) is 12.8. The lowest BCUT2D eigenvalue weighted by Gasteiger charge is -2.19. The van der Waals surface area contributed by atoms with Crippen LogP contribution in [0.4, 0.5) is 11.4 Å². The highest BCUT2D eigenvalue weighted by Crippen LogP contribution is 2.26. The van der Waals surface area contributed by atoms with Gasteiger partial charge in [-0.2, -0.15) is 0 Å². The molecular formula is C18H24N2. The van der Waals surface area contributed by atoms with E-state index in [0.717, 1.165) is 11.4 Å². The summed E-state index contributed by atoms with van der Waals surface area (Å²) >= 11 is 0. The molecule has 0 unspecified atom stereocenters. The van der Waals surface area contributed by atoms with E-state index in [4.69, 9.17) is 0 Å². The van der Waals surface area contributed by atoms with Crippen molar-refractivity contribution in [3.63, 3.8) is 0 Å². The van der Waals surface area contributed by atoms with Crippen molar-refractivity contribution in [3.8, 4) is 0 Å². The molecule has 0 aliphatic heterocycles. The predicted octanol–water partition coefficient (Wildman–Crippen LogP) is 5.37. The first-order chi connectivity index (χ1) is 9.59. The second kappa shape index (κ2) is 6.47. The van der Waals surface area contributed by atoms with Gasteiger partial charge in [0.1, 0.15) is 0 Å². The SMILES string of the molecule is CC(C)c1ccccc1NNc1ccccc1C(C)C. The Hall–Kier alpha value is -1.96. The van der Waals surface area contributed by atoms with Gasteiger partial charge in [-0.05, 0) is 35.1 Å². The number of hydrogen-bond donors (Lipinski definition) is 2. The summed E-state index contributed by atoms with van der Waals surface area (Å²) in [6, 6.07) is 16.9. The molecule has 2 rings (SSSR count). The standard InChI is InChI=1S/C18H24N2/c1-13(2)15-9-5-7-11-17(15)19-20-18-12-8-6-10-16(18)14(3)4/h5-14,19-20H,1-4H3. The first-order valence-electron chi connectivity index (χ1n) is 7.29. The van der Waals surface area contributed by atoms with Crippen LogP contribution in [0, 0.1) is 0 Å². The van der Waals surface area contributed by atoms with Crippen molar-refractivity contribution in [2.24, 2.45) is 0 Å². The Kier molecular flexibility index (Phi) is 4.67. The van der Waals surface area contributed by atoms with Gasteiger partial charge in [-0.15, -0.1) is 0 Å². The number of hydrazine groups is 1. The van der Waals surface area contributed by atoms with Crippen LogP contribution in [-0.2, 0) is 0 Å². The van der Waals surface area contributed by atoms with Crippen LogP contribution in [0.3, 0.4) is 0 Å². The van der Waals surface area contributed by atoms with Crippen LogP contribution >= 0.6 is 0 Å². The monoisotopic (exact) mass is 268 g/mol. The summed E-state index contributed by atoms with van der Waals surface area (Å²) in [4.78, 5) is 0. The maximum atomic E-state index is 3.36. The molecule has 0 aromatic heterocycles. The Morgan fingerprint density at radius 2 is 0.950 bits per heavy atom. The van der Waals surface area contributed by atoms with Gasteiger partial charge in [0, 0.05) is 0 Å². The van der Waals surface area contributed by atoms with Crippen LogP contribution in [0.1, 0.15) is 50.7 Å². The molecule has 0 aliphatic rings. The van der Waals surface area contributed by atoms with E-state index in [9.17, 15) is 0 Å². The number of rotatable bonds is 5. The summed E-state index contributed by atoms with van der Waals surface area (Å²) in [5, 5.41) is 0. The molecule has 2 heteroatoms. The zero-order valence-electron chi connectivity index (χ0n) is 12.8. The summed E-state index contributed by atoms with van der Waals surface area (Å²) in [5.74, 6) is 1.00. The molecule has 106 valence electrons. The van der Waals surface area contributed by atoms with Gasteiger partial charge >= 0.3 is 0 Å². The van der Waals surface area contributed by atoms with Gasteiger partial charge in [0.25, 0.3) is 0 Å². The molecule has 0 bridgehead atoms. The lowest BCUT2D eigenvalue weighted by atomic mass is 10.0. The summed E-state index contributed by atoms with van der Waals surface area (Å²) in [6.45, 7) is 8.84. The van der Waals surface area contributed by atoms with Crippen molar-refractivity contribution in [2.75, 3.05) is 10.9 Å². The van der Waals surface area contributed by atoms with Gasteiger partial charge in [-0.25, -0.2) is 0 Å². The molecule has 0 spiro atoms. The van der Waals surface area contributed by atoms with Crippen LogP contribution < -0.4 is 10.9 Å². The quantitative estimate of drug-likeness (QED) is 0.712. The molecule has 2 aromatic carbocycles. The van der Waals surface area contributed by atoms with E-state index in [1.807, 2.05) is 0 Å². The summed E-state index contributed by atoms with van der Waals surface area (Å²) in [6.07, 6.45) is 0. The van der Waals surface area contributed by atoms with Gasteiger partial charge in [0.15, 0.2) is 0 Å². The average molecular weight is 268 g/mol. The fraction of sp³-hybridized carbons (Fsp3) is 0.333. The molecule has 2 N–H and O–H groups in total. The van der Waals surface area contributed by atoms with Crippen molar-refractivity contribution in [3.05, 3.63) is 59.7 Å². The van der Waals surface area contributed by atoms with E-state index in [0.29, 0.717) is 11.8 Å². The van der Waals surface area contributed by atoms with Gasteiger partial charge < -0.3 is 10.9 Å². The van der Waals surface area contributed by atoms with E-state index in [1.54, 1.807) is 0 Å². The minimum atomic E-state index is 0.501. The molecule has 0 saturated carbocycles. The minimum absolute atomic E-state index is 0.501. The second-order valence-electron chi connectivity index (χ2n) is 5.73. The Bertz CT molecular complexity index is 507. The van der Waals surface area contributed by atoms with Crippen molar-refractivity contribution in [1.82, 2.24) is 0 Å². The summed E-state index contributed by atoms with van der Waals surface area (Å²) in [5.41, 5.74) is 11.6. The molecule has 2 aromatic rings. The molecule has 0 fully saturated rings. The molecule has 0 aliphatic carbocycles. The fourth-order valence-corrected chi connectivity index (χ4v) is 2.36. The Morgan fingerprint density at radius 1 is 0.600 bits per heavy atom. The maximum Gasteiger partial charge on any atom is 0.0574 e. The number of benzene rings is 2. The van der Waals surface area contributed by atoms with Crippen molar-refractivity contribution in [2.45, 2.75) is 39.5 Å². The first kappa shape index (κ1) is 14.4. The molecular weight excluding hydrogens is 244 g/mol. The molecule has 0 heterocycles. The summed E-state index contributed by atoms with van der Waals surface area (Å²) in [7, 11) is 0. The second-order valence-corrected chi connectivity index (χ2v) is 5.73. The van der Waals surface area contributed by atoms with Crippen LogP contribution in [-0.4, -0.2) is 0 Å². The van der Waals surface area contributed by atoms with Crippen LogP contribution in [0.2, 0.25) is 0 Å². The lowest BCUT2D eigenvalue weighted by Crippen LogP contribution is -2.12. The number of anilines is 2. The van der Waals surface area contributed by atoms with Crippen LogP contribution in [0.15, 0.2) is 48.5 Å². The van der Waals surface area contributed by atoms with Crippen LogP contribution in [0.5, 0.6) is 0 Å². The molecule has 2 nitrogen and oxygen atoms in total. The minimum Gasteiger partial charge on any atom is -0.301 e. The third-order valence-corrected chi connectivity index (χ3v) is 3.50. The number of para-hydroxylation sites is 2. The highest BCUT2D eigenvalue weighted by Gasteiger charge is 2.07. The zero-order chi connectivity index (χ0) is 14.5. The van der Waals surface area contributed by atoms with Crippen LogP contribution in [0.25, 0.3) is 0 Å². The lowest BCUT2D eigenvalue weighted by molar-refractivity contribution is 0.864. The maximum absolute atomic E-state index is 3.36. The molecule has 0 atom stereocenters. The van der Waals surface area contributed by atoms with E-state index in [2.05, 4.69) is 87.1 Å². The molecule has 0 amide bonds. The van der Waals surface area contributed by atoms with Gasteiger partial charge in [-0.1, -0.05) is 64.1 Å². The highest BCUT2D eigenvalue weighted by atomic mass is 15.4. The van der Waals surface area contributed by atoms with E-state index in [-0.39, 0.29) is 0 Å². The number of nitrogens with one attached hydrogen (secondary N) is 2. The largest absolute Gasteiger partial charge is 0.301 e. The van der Waals surface area contributed by atoms with E-state index in [1.165, 1.54) is 11.1 Å². The highest BCUT2D eigenvalue weighted by molar-refractivity contribution is 5.60. The molecule has 0 saturated heterocycles. The first-order valence-corrected chi connectivity index (χ1v) is 7.29. The smallest absolute Gasteiger partial charge is 0.0574 e. The summed E-state index contributed by atoms with van der Waals surface area (Å²) < 4.78 is 0. The van der Waals surface area contributed by atoms with Crippen molar-refractivity contribution < 1.29 is 0 Å². The third-order valence-electron chi connectivity index (χ3n) is 3.50. The van der Waals surface area contributed by atoms with Crippen molar-refractivity contribution >= 4 is 11.4 Å². The number of hydrogen-bond acceptors (Lipinski definition) is 2. The molecule has 0 radical (unpaired) electrons. The third kappa shape index (κ3) is 3.32. The van der Waals surface area contributed by atoms with E-state index >= 15 is 0 Å². The average Bonchev–Trinajstić information content (AvgIpc) is 2.45. The van der Waals surface area contributed by atoms with E-state index < -0.39 is 0 Å². The van der Waals surface area contributed by atoms with Gasteiger partial charge in [0.2, 0.25) is 0 Å². The van der Waals surface area contributed by atoms with Gasteiger partial charge in [-0.3, -0.25) is 0 Å². The van der Waals surface area contributed by atoms with Crippen molar-refractivity contribution in [1.29, 1.82) is 0 Å². The Morgan fingerprint density at radius 3 is 1.30 bits per heavy atom. The molecule has 20 heavy (non-hydrogen) atoms. The normalized spacial score (nSPS) is 10.9. The Balaban J connectivity index is 2.17. The topological polar surface area (TPSA) is 24.1 Å². The predicted molar refractivity (Wildman–Crippen MR) is 88.3 cm³/mol.